The molecule has 0 saturated carbocycles. The molecule has 168 valence electrons. The second kappa shape index (κ2) is 10.9. The standard InChI is InChI=1S/C23H28F3N3O2/c1-5-11-29(12-19(30)27-18-10-9-17(24)21(25)22(18)26)13-20(31)28-23-15(4)7-6-8-16(23)14(2)3/h6-10,14H,5,11-13H2,1-4H3,(H,27,30)(H,28,31). The van der Waals surface area contributed by atoms with E-state index < -0.39 is 29.0 Å². The Balaban J connectivity index is 2.05. The summed E-state index contributed by atoms with van der Waals surface area (Å²) in [6.45, 7) is 8.08. The normalized spacial score (nSPS) is 11.1. The Hall–Kier alpha value is -2.87. The van der Waals surface area contributed by atoms with E-state index in [2.05, 4.69) is 10.6 Å². The third-order valence-corrected chi connectivity index (χ3v) is 4.77. The van der Waals surface area contributed by atoms with Gasteiger partial charge in [-0.25, -0.2) is 13.2 Å². The van der Waals surface area contributed by atoms with Crippen molar-refractivity contribution in [2.75, 3.05) is 30.3 Å². The zero-order valence-corrected chi connectivity index (χ0v) is 18.2. The van der Waals surface area contributed by atoms with Gasteiger partial charge in [-0.15, -0.1) is 0 Å². The summed E-state index contributed by atoms with van der Waals surface area (Å²) in [6.07, 6.45) is 0.682. The first-order valence-electron chi connectivity index (χ1n) is 10.2. The lowest BCUT2D eigenvalue weighted by molar-refractivity contribution is -0.120. The van der Waals surface area contributed by atoms with Gasteiger partial charge in [0, 0.05) is 5.69 Å². The van der Waals surface area contributed by atoms with Gasteiger partial charge in [0.05, 0.1) is 18.8 Å². The average Bonchev–Trinajstić information content (AvgIpc) is 2.70. The van der Waals surface area contributed by atoms with Crippen LogP contribution in [0.1, 0.15) is 44.2 Å². The Morgan fingerprint density at radius 3 is 2.23 bits per heavy atom. The molecule has 0 radical (unpaired) electrons. The summed E-state index contributed by atoms with van der Waals surface area (Å²) in [5.41, 5.74) is 2.26. The van der Waals surface area contributed by atoms with E-state index in [0.717, 1.165) is 28.9 Å². The van der Waals surface area contributed by atoms with Crippen LogP contribution in [0.3, 0.4) is 0 Å². The monoisotopic (exact) mass is 435 g/mol. The molecule has 8 heteroatoms. The van der Waals surface area contributed by atoms with Crippen LogP contribution in [0.5, 0.6) is 0 Å². The van der Waals surface area contributed by atoms with E-state index in [0.29, 0.717) is 13.0 Å². The van der Waals surface area contributed by atoms with Crippen LogP contribution in [-0.4, -0.2) is 36.3 Å². The highest BCUT2D eigenvalue weighted by Gasteiger charge is 2.19. The fourth-order valence-corrected chi connectivity index (χ4v) is 3.27. The molecular formula is C23H28F3N3O2. The van der Waals surface area contributed by atoms with Crippen molar-refractivity contribution in [1.82, 2.24) is 4.90 Å². The Morgan fingerprint density at radius 1 is 0.968 bits per heavy atom. The maximum absolute atomic E-state index is 13.8. The molecule has 2 N–H and O–H groups in total. The molecule has 2 amide bonds. The average molecular weight is 435 g/mol. The number of hydrogen-bond acceptors (Lipinski definition) is 3. The Bertz CT molecular complexity index is 948. The lowest BCUT2D eigenvalue weighted by Gasteiger charge is -2.22. The predicted octanol–water partition coefficient (Wildman–Crippen LogP) is 4.82. The van der Waals surface area contributed by atoms with Gasteiger partial charge in [0.25, 0.3) is 0 Å². The Kier molecular flexibility index (Phi) is 8.62. The van der Waals surface area contributed by atoms with Crippen molar-refractivity contribution in [3.63, 3.8) is 0 Å². The highest BCUT2D eigenvalue weighted by Crippen LogP contribution is 2.27. The maximum Gasteiger partial charge on any atom is 0.238 e. The molecule has 2 rings (SSSR count). The zero-order chi connectivity index (χ0) is 23.1. The number of para-hydroxylation sites is 1. The highest BCUT2D eigenvalue weighted by atomic mass is 19.2. The molecular weight excluding hydrogens is 407 g/mol. The Morgan fingerprint density at radius 2 is 1.61 bits per heavy atom. The largest absolute Gasteiger partial charge is 0.324 e. The topological polar surface area (TPSA) is 61.4 Å². The van der Waals surface area contributed by atoms with Gasteiger partial charge in [0.2, 0.25) is 11.8 Å². The molecule has 0 bridgehead atoms. The van der Waals surface area contributed by atoms with Crippen LogP contribution in [0.2, 0.25) is 0 Å². The molecule has 0 spiro atoms. The molecule has 0 aliphatic heterocycles. The number of hydrogen-bond donors (Lipinski definition) is 2. The van der Waals surface area contributed by atoms with Crippen molar-refractivity contribution in [1.29, 1.82) is 0 Å². The summed E-state index contributed by atoms with van der Waals surface area (Å²) < 4.78 is 40.2. The van der Waals surface area contributed by atoms with Crippen molar-refractivity contribution in [3.05, 3.63) is 58.9 Å². The van der Waals surface area contributed by atoms with E-state index in [4.69, 9.17) is 0 Å². The van der Waals surface area contributed by atoms with Gasteiger partial charge in [-0.3, -0.25) is 14.5 Å². The van der Waals surface area contributed by atoms with Crippen molar-refractivity contribution in [2.24, 2.45) is 0 Å². The summed E-state index contributed by atoms with van der Waals surface area (Å²) in [6, 6.07) is 7.50. The van der Waals surface area contributed by atoms with Gasteiger partial charge in [-0.05, 0) is 49.1 Å². The van der Waals surface area contributed by atoms with E-state index in [-0.39, 0.29) is 24.9 Å². The first-order valence-corrected chi connectivity index (χ1v) is 10.2. The third-order valence-electron chi connectivity index (χ3n) is 4.77. The van der Waals surface area contributed by atoms with Crippen LogP contribution in [0.4, 0.5) is 24.5 Å². The maximum atomic E-state index is 13.8. The number of nitrogens with zero attached hydrogens (tertiary/aromatic N) is 1. The van der Waals surface area contributed by atoms with Crippen molar-refractivity contribution >= 4 is 23.2 Å². The summed E-state index contributed by atoms with van der Waals surface area (Å²) in [5.74, 6) is -5.15. The number of nitrogens with one attached hydrogen (secondary N) is 2. The molecule has 0 aromatic heterocycles. The minimum Gasteiger partial charge on any atom is -0.324 e. The fraction of sp³-hybridized carbons (Fsp3) is 0.391. The van der Waals surface area contributed by atoms with E-state index in [9.17, 15) is 22.8 Å². The molecule has 0 heterocycles. The number of amides is 2. The van der Waals surface area contributed by atoms with Crippen LogP contribution in [0.25, 0.3) is 0 Å². The first-order chi connectivity index (χ1) is 14.6. The van der Waals surface area contributed by atoms with E-state index in [1.165, 1.54) is 0 Å². The lowest BCUT2D eigenvalue weighted by atomic mass is 9.98. The SMILES string of the molecule is CCCN(CC(=O)Nc1ccc(F)c(F)c1F)CC(=O)Nc1c(C)cccc1C(C)C. The van der Waals surface area contributed by atoms with Crippen LogP contribution in [-0.2, 0) is 9.59 Å². The number of anilines is 2. The summed E-state index contributed by atoms with van der Waals surface area (Å²) >= 11 is 0. The molecule has 0 fully saturated rings. The number of rotatable bonds is 9. The van der Waals surface area contributed by atoms with Gasteiger partial charge in [0.15, 0.2) is 17.5 Å². The Labute approximate surface area is 180 Å². The lowest BCUT2D eigenvalue weighted by Crippen LogP contribution is -2.39. The van der Waals surface area contributed by atoms with Crippen LogP contribution >= 0.6 is 0 Å². The predicted molar refractivity (Wildman–Crippen MR) is 116 cm³/mol. The summed E-state index contributed by atoms with van der Waals surface area (Å²) in [7, 11) is 0. The fourth-order valence-electron chi connectivity index (χ4n) is 3.27. The quantitative estimate of drug-likeness (QED) is 0.555. The minimum absolute atomic E-state index is 0.0482. The van der Waals surface area contributed by atoms with Gasteiger partial charge in [0.1, 0.15) is 0 Å². The number of benzene rings is 2. The molecule has 2 aromatic rings. The molecule has 0 aliphatic rings. The second-order valence-corrected chi connectivity index (χ2v) is 7.72. The van der Waals surface area contributed by atoms with Gasteiger partial charge >= 0.3 is 0 Å². The van der Waals surface area contributed by atoms with Gasteiger partial charge < -0.3 is 10.6 Å². The summed E-state index contributed by atoms with van der Waals surface area (Å²) in [5, 5.41) is 5.16. The van der Waals surface area contributed by atoms with E-state index >= 15 is 0 Å². The molecule has 2 aromatic carbocycles. The number of carbonyl (C=O) groups is 2. The zero-order valence-electron chi connectivity index (χ0n) is 18.2. The number of halogens is 3. The van der Waals surface area contributed by atoms with Crippen molar-refractivity contribution < 1.29 is 22.8 Å². The molecule has 0 aliphatic carbocycles. The first kappa shape index (κ1) is 24.4. The minimum atomic E-state index is -1.65. The second-order valence-electron chi connectivity index (χ2n) is 7.72. The highest BCUT2D eigenvalue weighted by molar-refractivity contribution is 5.95. The van der Waals surface area contributed by atoms with Gasteiger partial charge in [-0.1, -0.05) is 39.0 Å². The van der Waals surface area contributed by atoms with Crippen LogP contribution < -0.4 is 10.6 Å². The number of carbonyl (C=O) groups excluding carboxylic acids is 2. The van der Waals surface area contributed by atoms with Crippen LogP contribution in [0.15, 0.2) is 30.3 Å². The van der Waals surface area contributed by atoms with Crippen molar-refractivity contribution in [3.8, 4) is 0 Å². The molecule has 31 heavy (non-hydrogen) atoms. The summed E-state index contributed by atoms with van der Waals surface area (Å²) in [4.78, 5) is 26.6. The third kappa shape index (κ3) is 6.55. The van der Waals surface area contributed by atoms with E-state index in [1.54, 1.807) is 4.90 Å². The van der Waals surface area contributed by atoms with Gasteiger partial charge in [-0.2, -0.15) is 0 Å². The molecule has 0 saturated heterocycles. The smallest absolute Gasteiger partial charge is 0.238 e. The van der Waals surface area contributed by atoms with Crippen LogP contribution in [0, 0.1) is 24.4 Å². The molecule has 0 atom stereocenters. The van der Waals surface area contributed by atoms with Crippen molar-refractivity contribution in [2.45, 2.75) is 40.0 Å². The molecule has 5 nitrogen and oxygen atoms in total. The van der Waals surface area contributed by atoms with E-state index in [1.807, 2.05) is 45.9 Å². The molecule has 0 unspecified atom stereocenters. The number of aryl methyl sites for hydroxylation is 1.